The van der Waals surface area contributed by atoms with E-state index in [1.165, 1.54) is 10.4 Å². The number of benzene rings is 1. The Hall–Kier alpha value is -2.81. The predicted molar refractivity (Wildman–Crippen MR) is 115 cm³/mol. The number of hydrogen-bond acceptors (Lipinski definition) is 7. The lowest BCUT2D eigenvalue weighted by Crippen LogP contribution is -2.31. The van der Waals surface area contributed by atoms with Gasteiger partial charge in [0.05, 0.1) is 32.0 Å². The highest BCUT2D eigenvalue weighted by Gasteiger charge is 2.29. The summed E-state index contributed by atoms with van der Waals surface area (Å²) in [5.41, 5.74) is 2.35. The van der Waals surface area contributed by atoms with Crippen molar-refractivity contribution in [3.63, 3.8) is 0 Å². The molecule has 0 spiro atoms. The Labute approximate surface area is 179 Å². The van der Waals surface area contributed by atoms with Crippen LogP contribution in [0.3, 0.4) is 0 Å². The average Bonchev–Trinajstić information content (AvgIpc) is 3.52. The largest absolute Gasteiger partial charge is 0.468 e. The molecule has 8 heteroatoms. The molecule has 0 saturated carbocycles. The fraction of sp³-hybridized carbons (Fsp3) is 0.318. The summed E-state index contributed by atoms with van der Waals surface area (Å²) in [5, 5.41) is 14.7. The van der Waals surface area contributed by atoms with Crippen LogP contribution in [0.5, 0.6) is 0 Å². The van der Waals surface area contributed by atoms with Crippen LogP contribution in [-0.2, 0) is 24.4 Å². The first-order valence-electron chi connectivity index (χ1n) is 9.85. The fourth-order valence-electron chi connectivity index (χ4n) is 3.46. The van der Waals surface area contributed by atoms with E-state index < -0.39 is 0 Å². The van der Waals surface area contributed by atoms with Gasteiger partial charge in [0.25, 0.3) is 0 Å². The summed E-state index contributed by atoms with van der Waals surface area (Å²) in [6.07, 6.45) is 1.71. The van der Waals surface area contributed by atoms with E-state index in [1.807, 2.05) is 16.8 Å². The molecule has 4 rings (SSSR count). The summed E-state index contributed by atoms with van der Waals surface area (Å²) in [5.74, 6) is 1.69. The first kappa shape index (κ1) is 20.5. The standard InChI is InChI=1S/C22H25N5O2S/c1-17-7-9-18(10-8-17)21(22-23-24-25-27(22)11-13-28-2)26(15-19-5-3-12-29-19)16-20-6-4-14-30-20/h3-10,12,14,21H,11,13,15-16H2,1-2H3/t21-/m0/s1. The van der Waals surface area contributed by atoms with E-state index in [4.69, 9.17) is 9.15 Å². The number of nitrogens with zero attached hydrogens (tertiary/aromatic N) is 5. The van der Waals surface area contributed by atoms with Crippen molar-refractivity contribution in [3.05, 3.63) is 87.8 Å². The zero-order valence-electron chi connectivity index (χ0n) is 17.1. The van der Waals surface area contributed by atoms with E-state index in [9.17, 15) is 0 Å². The second kappa shape index (κ2) is 9.80. The lowest BCUT2D eigenvalue weighted by molar-refractivity contribution is 0.165. The van der Waals surface area contributed by atoms with Crippen LogP contribution >= 0.6 is 11.3 Å². The Bertz CT molecular complexity index is 976. The maximum Gasteiger partial charge on any atom is 0.173 e. The van der Waals surface area contributed by atoms with Crippen LogP contribution in [0, 0.1) is 6.92 Å². The minimum Gasteiger partial charge on any atom is -0.468 e. The van der Waals surface area contributed by atoms with Crippen molar-refractivity contribution in [2.45, 2.75) is 32.6 Å². The number of aromatic nitrogens is 4. The van der Waals surface area contributed by atoms with Crippen LogP contribution < -0.4 is 0 Å². The van der Waals surface area contributed by atoms with Crippen LogP contribution in [0.4, 0.5) is 0 Å². The number of thiophene rings is 1. The molecule has 0 aliphatic carbocycles. The summed E-state index contributed by atoms with van der Waals surface area (Å²) in [6.45, 7) is 4.62. The number of hydrogen-bond donors (Lipinski definition) is 0. The molecular weight excluding hydrogens is 398 g/mol. The van der Waals surface area contributed by atoms with Gasteiger partial charge in [-0.25, -0.2) is 4.68 Å². The molecule has 0 unspecified atom stereocenters. The van der Waals surface area contributed by atoms with Gasteiger partial charge in [0, 0.05) is 18.5 Å². The molecule has 1 aromatic carbocycles. The normalized spacial score (nSPS) is 12.5. The molecule has 3 heterocycles. The summed E-state index contributed by atoms with van der Waals surface area (Å²) >= 11 is 1.74. The molecule has 156 valence electrons. The minimum atomic E-state index is -0.135. The van der Waals surface area contributed by atoms with Crippen molar-refractivity contribution in [2.75, 3.05) is 13.7 Å². The van der Waals surface area contributed by atoms with Gasteiger partial charge in [0.2, 0.25) is 0 Å². The number of furan rings is 1. The highest BCUT2D eigenvalue weighted by molar-refractivity contribution is 7.09. The van der Waals surface area contributed by atoms with E-state index in [0.29, 0.717) is 19.7 Å². The van der Waals surface area contributed by atoms with Gasteiger partial charge in [-0.05, 0) is 46.5 Å². The Kier molecular flexibility index (Phi) is 6.68. The molecule has 0 aliphatic rings. The zero-order chi connectivity index (χ0) is 20.8. The molecule has 0 fully saturated rings. The molecular formula is C22H25N5O2S. The molecule has 0 bridgehead atoms. The van der Waals surface area contributed by atoms with E-state index >= 15 is 0 Å². The molecule has 0 saturated heterocycles. The van der Waals surface area contributed by atoms with Gasteiger partial charge in [0.1, 0.15) is 5.76 Å². The van der Waals surface area contributed by atoms with E-state index in [-0.39, 0.29) is 6.04 Å². The number of tetrazole rings is 1. The highest BCUT2D eigenvalue weighted by Crippen LogP contribution is 2.31. The minimum absolute atomic E-state index is 0.135. The first-order chi connectivity index (χ1) is 14.7. The van der Waals surface area contributed by atoms with Crippen molar-refractivity contribution in [1.29, 1.82) is 0 Å². The van der Waals surface area contributed by atoms with Crippen LogP contribution in [0.15, 0.2) is 64.6 Å². The maximum absolute atomic E-state index is 5.68. The molecule has 0 radical (unpaired) electrons. The lowest BCUT2D eigenvalue weighted by Gasteiger charge is -2.30. The average molecular weight is 424 g/mol. The zero-order valence-corrected chi connectivity index (χ0v) is 18.0. The summed E-state index contributed by atoms with van der Waals surface area (Å²) < 4.78 is 12.8. The third-order valence-corrected chi connectivity index (χ3v) is 5.81. The Balaban J connectivity index is 1.76. The fourth-order valence-corrected chi connectivity index (χ4v) is 4.19. The summed E-state index contributed by atoms with van der Waals surface area (Å²) in [6, 6.07) is 16.6. The second-order valence-electron chi connectivity index (χ2n) is 7.13. The van der Waals surface area contributed by atoms with E-state index in [2.05, 4.69) is 69.1 Å². The van der Waals surface area contributed by atoms with Crippen LogP contribution in [0.2, 0.25) is 0 Å². The predicted octanol–water partition coefficient (Wildman–Crippen LogP) is 4.07. The molecule has 0 amide bonds. The smallest absolute Gasteiger partial charge is 0.173 e. The number of methoxy groups -OCH3 is 1. The number of aryl methyl sites for hydroxylation is 1. The van der Waals surface area contributed by atoms with Gasteiger partial charge in [-0.2, -0.15) is 0 Å². The van der Waals surface area contributed by atoms with Gasteiger partial charge in [-0.3, -0.25) is 4.90 Å². The second-order valence-corrected chi connectivity index (χ2v) is 8.16. The Morgan fingerprint density at radius 3 is 2.70 bits per heavy atom. The monoisotopic (exact) mass is 423 g/mol. The third-order valence-electron chi connectivity index (χ3n) is 4.95. The maximum atomic E-state index is 5.68. The molecule has 7 nitrogen and oxygen atoms in total. The van der Waals surface area contributed by atoms with Gasteiger partial charge in [0.15, 0.2) is 5.82 Å². The van der Waals surface area contributed by atoms with Crippen LogP contribution in [-0.4, -0.2) is 38.8 Å². The van der Waals surface area contributed by atoms with Crippen molar-refractivity contribution in [2.24, 2.45) is 0 Å². The van der Waals surface area contributed by atoms with E-state index in [0.717, 1.165) is 23.7 Å². The van der Waals surface area contributed by atoms with Crippen LogP contribution in [0.1, 0.15) is 33.6 Å². The molecule has 30 heavy (non-hydrogen) atoms. The quantitative estimate of drug-likeness (QED) is 0.383. The summed E-state index contributed by atoms with van der Waals surface area (Å²) in [7, 11) is 1.68. The Morgan fingerprint density at radius 2 is 2.00 bits per heavy atom. The van der Waals surface area contributed by atoms with Gasteiger partial charge in [-0.15, -0.1) is 16.4 Å². The molecule has 4 aromatic rings. The van der Waals surface area contributed by atoms with Gasteiger partial charge >= 0.3 is 0 Å². The van der Waals surface area contributed by atoms with Gasteiger partial charge < -0.3 is 9.15 Å². The van der Waals surface area contributed by atoms with Crippen molar-refractivity contribution >= 4 is 11.3 Å². The highest BCUT2D eigenvalue weighted by atomic mass is 32.1. The number of rotatable bonds is 10. The molecule has 0 aliphatic heterocycles. The molecule has 3 aromatic heterocycles. The number of ether oxygens (including phenoxy) is 1. The van der Waals surface area contributed by atoms with Crippen molar-refractivity contribution in [3.8, 4) is 0 Å². The molecule has 0 N–H and O–H groups in total. The lowest BCUT2D eigenvalue weighted by atomic mass is 10.0. The van der Waals surface area contributed by atoms with Crippen molar-refractivity contribution in [1.82, 2.24) is 25.1 Å². The topological polar surface area (TPSA) is 69.2 Å². The third kappa shape index (κ3) is 4.84. The molecule has 1 atom stereocenters. The van der Waals surface area contributed by atoms with Crippen LogP contribution in [0.25, 0.3) is 0 Å². The van der Waals surface area contributed by atoms with Crippen molar-refractivity contribution < 1.29 is 9.15 Å². The van der Waals surface area contributed by atoms with Gasteiger partial charge in [-0.1, -0.05) is 35.9 Å². The first-order valence-corrected chi connectivity index (χ1v) is 10.7. The summed E-state index contributed by atoms with van der Waals surface area (Å²) in [4.78, 5) is 3.62. The Morgan fingerprint density at radius 1 is 1.13 bits per heavy atom. The van der Waals surface area contributed by atoms with E-state index in [1.54, 1.807) is 24.7 Å². The SMILES string of the molecule is COCCn1nnnc1[C@H](c1ccc(C)cc1)N(Cc1ccco1)Cc1cccs1.